The SMILES string of the molecule is CC(=O)CN1CCN(c2cc(N3CCOCC3)nc(-n3c(C(F)F)nc4ccccc43)n2)CC1. The number of hydrogen-bond donors (Lipinski definition) is 0. The van der Waals surface area contributed by atoms with Crippen LogP contribution in [0, 0.1) is 0 Å². The lowest BCUT2D eigenvalue weighted by Gasteiger charge is -2.35. The summed E-state index contributed by atoms with van der Waals surface area (Å²) in [7, 11) is 0. The fraction of sp³-hybridized carbons (Fsp3) is 0.478. The van der Waals surface area contributed by atoms with Gasteiger partial charge in [-0.15, -0.1) is 0 Å². The molecule has 2 aliphatic rings. The number of ketones is 1. The van der Waals surface area contributed by atoms with E-state index >= 15 is 0 Å². The van der Waals surface area contributed by atoms with Crippen LogP contribution in [0.3, 0.4) is 0 Å². The third kappa shape index (κ3) is 4.58. The van der Waals surface area contributed by atoms with E-state index in [1.54, 1.807) is 31.2 Å². The number of aromatic nitrogens is 4. The van der Waals surface area contributed by atoms with Crippen molar-refractivity contribution in [3.8, 4) is 5.95 Å². The zero-order valence-corrected chi connectivity index (χ0v) is 19.0. The van der Waals surface area contributed by atoms with Gasteiger partial charge < -0.3 is 14.5 Å². The average Bonchev–Trinajstić information content (AvgIpc) is 3.25. The fourth-order valence-electron chi connectivity index (χ4n) is 4.48. The summed E-state index contributed by atoms with van der Waals surface area (Å²) < 4.78 is 34.8. The summed E-state index contributed by atoms with van der Waals surface area (Å²) >= 11 is 0. The summed E-state index contributed by atoms with van der Waals surface area (Å²) in [5.41, 5.74) is 1.01. The molecule has 0 N–H and O–H groups in total. The molecular formula is C23H27F2N7O2. The van der Waals surface area contributed by atoms with Gasteiger partial charge in [-0.2, -0.15) is 9.97 Å². The smallest absolute Gasteiger partial charge is 0.296 e. The van der Waals surface area contributed by atoms with Crippen molar-refractivity contribution >= 4 is 28.5 Å². The van der Waals surface area contributed by atoms with Crippen LogP contribution in [0.4, 0.5) is 20.4 Å². The highest BCUT2D eigenvalue weighted by Gasteiger charge is 2.26. The number of Topliss-reactive ketones (excluding diaryl/α,β-unsaturated/α-hetero) is 1. The van der Waals surface area contributed by atoms with E-state index in [1.165, 1.54) is 4.57 Å². The van der Waals surface area contributed by atoms with Gasteiger partial charge in [0.05, 0.1) is 30.8 Å². The average molecular weight is 472 g/mol. The summed E-state index contributed by atoms with van der Waals surface area (Å²) in [6, 6.07) is 8.93. The standard InChI is InChI=1S/C23H27F2N7O2/c1-16(33)15-29-6-8-30(9-7-29)19-14-20(31-10-12-34-13-11-31)28-23(27-19)32-18-5-3-2-4-17(18)26-22(32)21(24)25/h2-5,14,21H,6-13,15H2,1H3. The predicted octanol–water partition coefficient (Wildman–Crippen LogP) is 2.30. The van der Waals surface area contributed by atoms with Gasteiger partial charge in [0.2, 0.25) is 5.95 Å². The van der Waals surface area contributed by atoms with Crippen LogP contribution in [-0.4, -0.2) is 89.2 Å². The maximum absolute atomic E-state index is 14.0. The van der Waals surface area contributed by atoms with Gasteiger partial charge in [0.25, 0.3) is 6.43 Å². The molecule has 0 spiro atoms. The highest BCUT2D eigenvalue weighted by Crippen LogP contribution is 2.29. The summed E-state index contributed by atoms with van der Waals surface area (Å²) in [4.78, 5) is 31.4. The lowest BCUT2D eigenvalue weighted by Crippen LogP contribution is -2.48. The number of rotatable bonds is 6. The Balaban J connectivity index is 1.56. The van der Waals surface area contributed by atoms with Crippen molar-refractivity contribution < 1.29 is 18.3 Å². The quantitative estimate of drug-likeness (QED) is 0.542. The van der Waals surface area contributed by atoms with Gasteiger partial charge in [-0.3, -0.25) is 14.3 Å². The number of benzene rings is 1. The molecule has 3 aromatic rings. The van der Waals surface area contributed by atoms with Crippen LogP contribution >= 0.6 is 0 Å². The molecule has 0 aliphatic carbocycles. The molecule has 5 rings (SSSR count). The minimum atomic E-state index is -2.78. The van der Waals surface area contributed by atoms with E-state index in [0.29, 0.717) is 68.6 Å². The number of hydrogen-bond acceptors (Lipinski definition) is 8. The van der Waals surface area contributed by atoms with Crippen molar-refractivity contribution in [1.82, 2.24) is 24.4 Å². The fourth-order valence-corrected chi connectivity index (χ4v) is 4.48. The number of halogens is 2. The first-order valence-corrected chi connectivity index (χ1v) is 11.4. The number of imidazole rings is 1. The molecule has 2 aromatic heterocycles. The number of morpholine rings is 1. The van der Waals surface area contributed by atoms with Gasteiger partial charge in [-0.05, 0) is 19.1 Å². The van der Waals surface area contributed by atoms with Gasteiger partial charge in [-0.1, -0.05) is 12.1 Å². The molecule has 0 unspecified atom stereocenters. The lowest BCUT2D eigenvalue weighted by molar-refractivity contribution is -0.118. The Morgan fingerprint density at radius 2 is 1.62 bits per heavy atom. The number of piperazine rings is 1. The number of fused-ring (bicyclic) bond motifs is 1. The Hall–Kier alpha value is -3.18. The van der Waals surface area contributed by atoms with Crippen LogP contribution in [0.1, 0.15) is 19.2 Å². The first kappa shape index (κ1) is 22.6. The molecule has 2 aliphatic heterocycles. The van der Waals surface area contributed by atoms with Gasteiger partial charge in [-0.25, -0.2) is 13.8 Å². The second-order valence-electron chi connectivity index (χ2n) is 8.54. The molecule has 2 fully saturated rings. The molecule has 2 saturated heterocycles. The second kappa shape index (κ2) is 9.59. The number of nitrogens with zero attached hydrogens (tertiary/aromatic N) is 7. The molecule has 180 valence electrons. The van der Waals surface area contributed by atoms with Crippen LogP contribution in [0.5, 0.6) is 0 Å². The van der Waals surface area contributed by atoms with E-state index in [1.807, 2.05) is 6.07 Å². The van der Waals surface area contributed by atoms with Crippen molar-refractivity contribution in [2.45, 2.75) is 13.3 Å². The summed E-state index contributed by atoms with van der Waals surface area (Å²) in [6.45, 7) is 7.31. The Bertz CT molecular complexity index is 1170. The van der Waals surface area contributed by atoms with Crippen LogP contribution in [0.2, 0.25) is 0 Å². The molecule has 0 radical (unpaired) electrons. The third-order valence-corrected chi connectivity index (χ3v) is 6.15. The van der Waals surface area contributed by atoms with Gasteiger partial charge >= 0.3 is 0 Å². The van der Waals surface area contributed by atoms with Gasteiger partial charge in [0.1, 0.15) is 17.4 Å². The summed E-state index contributed by atoms with van der Waals surface area (Å²) in [6.07, 6.45) is -2.78. The van der Waals surface area contributed by atoms with Gasteiger partial charge in [0.15, 0.2) is 5.82 Å². The molecule has 4 heterocycles. The molecule has 1 aromatic carbocycles. The summed E-state index contributed by atoms with van der Waals surface area (Å²) in [5.74, 6) is 1.28. The molecule has 0 bridgehead atoms. The van der Waals surface area contributed by atoms with E-state index in [9.17, 15) is 13.6 Å². The van der Waals surface area contributed by atoms with E-state index in [-0.39, 0.29) is 17.6 Å². The van der Waals surface area contributed by atoms with E-state index in [4.69, 9.17) is 14.7 Å². The molecule has 0 amide bonds. The Morgan fingerprint density at radius 1 is 0.971 bits per heavy atom. The van der Waals surface area contributed by atoms with Crippen LogP contribution in [0.25, 0.3) is 17.0 Å². The van der Waals surface area contributed by atoms with Crippen molar-refractivity contribution in [2.75, 3.05) is 68.8 Å². The minimum absolute atomic E-state index is 0.138. The first-order valence-electron chi connectivity index (χ1n) is 11.4. The lowest BCUT2D eigenvalue weighted by atomic mass is 10.2. The van der Waals surface area contributed by atoms with Crippen LogP contribution in [0.15, 0.2) is 30.3 Å². The molecule has 11 heteroatoms. The largest absolute Gasteiger partial charge is 0.378 e. The number of alkyl halides is 2. The van der Waals surface area contributed by atoms with E-state index in [2.05, 4.69) is 19.7 Å². The highest BCUT2D eigenvalue weighted by atomic mass is 19.3. The van der Waals surface area contributed by atoms with Crippen molar-refractivity contribution in [3.05, 3.63) is 36.2 Å². The topological polar surface area (TPSA) is 79.6 Å². The Morgan fingerprint density at radius 3 is 2.26 bits per heavy atom. The number of para-hydroxylation sites is 2. The van der Waals surface area contributed by atoms with Gasteiger partial charge in [0, 0.05) is 45.3 Å². The maximum atomic E-state index is 14.0. The Labute approximate surface area is 196 Å². The number of ether oxygens (including phenoxy) is 1. The van der Waals surface area contributed by atoms with Crippen molar-refractivity contribution in [1.29, 1.82) is 0 Å². The number of carbonyl (C=O) groups is 1. The van der Waals surface area contributed by atoms with Crippen LogP contribution in [-0.2, 0) is 9.53 Å². The molecular weight excluding hydrogens is 444 g/mol. The zero-order valence-electron chi connectivity index (χ0n) is 19.0. The second-order valence-corrected chi connectivity index (χ2v) is 8.54. The van der Waals surface area contributed by atoms with E-state index < -0.39 is 6.43 Å². The number of anilines is 2. The zero-order chi connectivity index (χ0) is 23.7. The normalized spacial score (nSPS) is 17.6. The van der Waals surface area contributed by atoms with Crippen molar-refractivity contribution in [2.24, 2.45) is 0 Å². The minimum Gasteiger partial charge on any atom is -0.378 e. The van der Waals surface area contributed by atoms with E-state index in [0.717, 1.165) is 13.1 Å². The first-order chi connectivity index (χ1) is 16.5. The predicted molar refractivity (Wildman–Crippen MR) is 124 cm³/mol. The Kier molecular flexibility index (Phi) is 6.38. The van der Waals surface area contributed by atoms with Crippen molar-refractivity contribution in [3.63, 3.8) is 0 Å². The number of carbonyl (C=O) groups excluding carboxylic acids is 1. The third-order valence-electron chi connectivity index (χ3n) is 6.15. The highest BCUT2D eigenvalue weighted by molar-refractivity contribution is 5.78. The molecule has 34 heavy (non-hydrogen) atoms. The summed E-state index contributed by atoms with van der Waals surface area (Å²) in [5, 5.41) is 0. The molecule has 0 atom stereocenters. The van der Waals surface area contributed by atoms with Crippen LogP contribution < -0.4 is 9.80 Å². The maximum Gasteiger partial charge on any atom is 0.296 e. The molecule has 0 saturated carbocycles. The molecule has 9 nitrogen and oxygen atoms in total. The monoisotopic (exact) mass is 471 g/mol.